The number of nitrogens with one attached hydrogen (secondary N) is 1. The first-order valence-corrected chi connectivity index (χ1v) is 16.1. The van der Waals surface area contributed by atoms with Crippen molar-refractivity contribution in [2.24, 2.45) is 0 Å². The van der Waals surface area contributed by atoms with Gasteiger partial charge in [-0.25, -0.2) is 19.3 Å². The van der Waals surface area contributed by atoms with E-state index < -0.39 is 0 Å². The van der Waals surface area contributed by atoms with Crippen molar-refractivity contribution in [1.29, 1.82) is 5.26 Å². The molecule has 1 saturated carbocycles. The quantitative estimate of drug-likeness (QED) is 0.198. The number of ether oxygens (including phenoxy) is 4. The molecule has 47 heavy (non-hydrogen) atoms. The monoisotopic (exact) mass is 643 g/mol. The number of aromatic nitrogens is 8. The molecule has 1 aliphatic heterocycles. The second kappa shape index (κ2) is 15.3. The number of methoxy groups -OCH3 is 1. The lowest BCUT2D eigenvalue weighted by Gasteiger charge is -2.47. The lowest BCUT2D eigenvalue weighted by Crippen LogP contribution is -2.56. The van der Waals surface area contributed by atoms with E-state index in [4.69, 9.17) is 24.0 Å². The third-order valence-electron chi connectivity index (χ3n) is 8.59. The second-order valence-electron chi connectivity index (χ2n) is 11.8. The van der Waals surface area contributed by atoms with E-state index in [-0.39, 0.29) is 11.8 Å². The van der Waals surface area contributed by atoms with E-state index in [2.05, 4.69) is 46.5 Å². The summed E-state index contributed by atoms with van der Waals surface area (Å²) in [7, 11) is 1.68. The number of benzene rings is 1. The fraction of sp³-hybridized carbons (Fsp3) is 0.531. The summed E-state index contributed by atoms with van der Waals surface area (Å²) in [5, 5.41) is 29.2. The molecule has 1 saturated heterocycles. The van der Waals surface area contributed by atoms with Crippen molar-refractivity contribution < 1.29 is 18.9 Å². The molecule has 3 aromatic heterocycles. The Morgan fingerprint density at radius 3 is 2.62 bits per heavy atom. The van der Waals surface area contributed by atoms with E-state index in [1.165, 1.54) is 12.7 Å². The molecular weight excluding hydrogens is 602 g/mol. The van der Waals surface area contributed by atoms with Crippen LogP contribution in [0, 0.1) is 11.3 Å². The van der Waals surface area contributed by atoms with E-state index in [0.29, 0.717) is 48.6 Å². The summed E-state index contributed by atoms with van der Waals surface area (Å²) in [6.45, 7) is 6.60. The molecule has 15 heteroatoms. The molecule has 1 aromatic carbocycles. The smallest absolute Gasteiger partial charge is 0.257 e. The van der Waals surface area contributed by atoms with Gasteiger partial charge in [0, 0.05) is 51.2 Å². The Morgan fingerprint density at radius 2 is 1.89 bits per heavy atom. The minimum atomic E-state index is -0.272. The molecule has 6 rings (SSSR count). The Kier molecular flexibility index (Phi) is 10.5. The van der Waals surface area contributed by atoms with Crippen LogP contribution in [0.25, 0.3) is 11.1 Å². The number of tetrazole rings is 1. The van der Waals surface area contributed by atoms with Crippen LogP contribution < -0.4 is 14.8 Å². The first kappa shape index (κ1) is 32.3. The average molecular weight is 644 g/mol. The molecule has 2 aliphatic rings. The zero-order valence-electron chi connectivity index (χ0n) is 26.9. The van der Waals surface area contributed by atoms with Gasteiger partial charge in [-0.15, -0.1) is 10.2 Å². The number of rotatable bonds is 14. The van der Waals surface area contributed by atoms with Crippen LogP contribution in [-0.2, 0) is 21.7 Å². The standard InChI is InChI=1S/C32H41N11O4/c1-24(21-42-23-36-39-40-42)47-29-17-25(7-8-26(29)18-33)27-19-34-31(35-20-27)37-28-22-43(38-30(28)46-14-6-13-44-2)32(9-4-3-5-10-32)41-11-15-45-16-12-41/h7-8,17,19-20,22-24H,3-6,9-16,21H2,1-2H3,(H,34,35,37). The van der Waals surface area contributed by atoms with Gasteiger partial charge in [0.1, 0.15) is 35.6 Å². The zero-order chi connectivity index (χ0) is 32.5. The maximum atomic E-state index is 9.67. The maximum absolute atomic E-state index is 9.67. The molecule has 1 unspecified atom stereocenters. The number of nitrogens with zero attached hydrogens (tertiary/aromatic N) is 10. The Labute approximate surface area is 273 Å². The van der Waals surface area contributed by atoms with Crippen LogP contribution in [0.15, 0.2) is 43.1 Å². The molecule has 1 N–H and O–H groups in total. The van der Waals surface area contributed by atoms with E-state index in [1.54, 1.807) is 30.3 Å². The van der Waals surface area contributed by atoms with Gasteiger partial charge in [0.2, 0.25) is 5.95 Å². The van der Waals surface area contributed by atoms with E-state index in [0.717, 1.165) is 69.5 Å². The fourth-order valence-corrected chi connectivity index (χ4v) is 6.26. The van der Waals surface area contributed by atoms with Gasteiger partial charge in [0.15, 0.2) is 0 Å². The highest BCUT2D eigenvalue weighted by molar-refractivity contribution is 5.67. The highest BCUT2D eigenvalue weighted by Crippen LogP contribution is 2.40. The molecule has 248 valence electrons. The minimum Gasteiger partial charge on any atom is -0.487 e. The van der Waals surface area contributed by atoms with Crippen LogP contribution in [0.5, 0.6) is 11.6 Å². The predicted octanol–water partition coefficient (Wildman–Crippen LogP) is 3.77. The number of hydrogen-bond donors (Lipinski definition) is 1. The fourth-order valence-electron chi connectivity index (χ4n) is 6.26. The normalized spacial score (nSPS) is 17.1. The van der Waals surface area contributed by atoms with Gasteiger partial charge in [0.25, 0.3) is 5.88 Å². The van der Waals surface area contributed by atoms with Crippen LogP contribution in [0.3, 0.4) is 0 Å². The van der Waals surface area contributed by atoms with Crippen molar-refractivity contribution in [1.82, 2.24) is 44.9 Å². The molecule has 4 aromatic rings. The van der Waals surface area contributed by atoms with Crippen molar-refractivity contribution in [3.63, 3.8) is 0 Å². The largest absolute Gasteiger partial charge is 0.487 e. The molecule has 0 amide bonds. The van der Waals surface area contributed by atoms with Crippen LogP contribution in [0.2, 0.25) is 0 Å². The van der Waals surface area contributed by atoms with Crippen molar-refractivity contribution >= 4 is 11.6 Å². The molecule has 0 spiro atoms. The van der Waals surface area contributed by atoms with Gasteiger partial charge in [-0.2, -0.15) is 5.26 Å². The van der Waals surface area contributed by atoms with Crippen molar-refractivity contribution in [2.45, 2.75) is 63.8 Å². The molecule has 4 heterocycles. The topological polar surface area (TPSA) is 163 Å². The Bertz CT molecular complexity index is 1610. The SMILES string of the molecule is COCCCOc1nn(C2(N3CCOCC3)CCCCC2)cc1Nc1ncc(-c2ccc(C#N)c(OC(C)Cn3cnnn3)c2)cn1. The van der Waals surface area contributed by atoms with Gasteiger partial charge in [-0.1, -0.05) is 12.5 Å². The van der Waals surface area contributed by atoms with Gasteiger partial charge in [0.05, 0.1) is 38.1 Å². The van der Waals surface area contributed by atoms with Crippen LogP contribution >= 0.6 is 0 Å². The van der Waals surface area contributed by atoms with Crippen molar-refractivity contribution in [3.05, 3.63) is 48.7 Å². The van der Waals surface area contributed by atoms with E-state index in [1.807, 2.05) is 25.3 Å². The molecule has 1 atom stereocenters. The molecule has 2 fully saturated rings. The second-order valence-corrected chi connectivity index (χ2v) is 11.8. The third kappa shape index (κ3) is 7.67. The summed E-state index contributed by atoms with van der Waals surface area (Å²) in [5.41, 5.74) is 2.51. The van der Waals surface area contributed by atoms with Crippen LogP contribution in [0.4, 0.5) is 11.6 Å². The number of morpholine rings is 1. The van der Waals surface area contributed by atoms with E-state index in [9.17, 15) is 5.26 Å². The maximum Gasteiger partial charge on any atom is 0.257 e. The lowest BCUT2D eigenvalue weighted by molar-refractivity contribution is -0.0836. The highest BCUT2D eigenvalue weighted by atomic mass is 16.5. The van der Waals surface area contributed by atoms with Gasteiger partial charge in [-0.3, -0.25) is 4.90 Å². The molecule has 0 radical (unpaired) electrons. The Morgan fingerprint density at radius 1 is 1.09 bits per heavy atom. The van der Waals surface area contributed by atoms with Gasteiger partial charge >= 0.3 is 0 Å². The first-order valence-electron chi connectivity index (χ1n) is 16.1. The summed E-state index contributed by atoms with van der Waals surface area (Å²) in [6, 6.07) is 7.62. The summed E-state index contributed by atoms with van der Waals surface area (Å²) >= 11 is 0. The van der Waals surface area contributed by atoms with Crippen LogP contribution in [-0.4, -0.2) is 97.6 Å². The third-order valence-corrected chi connectivity index (χ3v) is 8.59. The predicted molar refractivity (Wildman–Crippen MR) is 171 cm³/mol. The summed E-state index contributed by atoms with van der Waals surface area (Å²) in [5.74, 6) is 1.39. The minimum absolute atomic E-state index is 0.226. The summed E-state index contributed by atoms with van der Waals surface area (Å²) in [6.07, 6.45) is 13.1. The lowest BCUT2D eigenvalue weighted by atomic mass is 9.87. The van der Waals surface area contributed by atoms with E-state index >= 15 is 0 Å². The zero-order valence-corrected chi connectivity index (χ0v) is 26.9. The van der Waals surface area contributed by atoms with Crippen molar-refractivity contribution in [3.8, 4) is 28.8 Å². The molecule has 1 aliphatic carbocycles. The Balaban J connectivity index is 1.22. The first-order chi connectivity index (χ1) is 23.1. The number of nitriles is 1. The van der Waals surface area contributed by atoms with Crippen molar-refractivity contribution in [2.75, 3.05) is 51.9 Å². The van der Waals surface area contributed by atoms with Gasteiger partial charge < -0.3 is 24.3 Å². The van der Waals surface area contributed by atoms with Crippen LogP contribution in [0.1, 0.15) is 51.0 Å². The number of anilines is 2. The highest BCUT2D eigenvalue weighted by Gasteiger charge is 2.42. The Hall–Kier alpha value is -4.65. The summed E-state index contributed by atoms with van der Waals surface area (Å²) < 4.78 is 26.9. The molecule has 15 nitrogen and oxygen atoms in total. The number of hydrogen-bond acceptors (Lipinski definition) is 13. The molecule has 0 bridgehead atoms. The summed E-state index contributed by atoms with van der Waals surface area (Å²) in [4.78, 5) is 11.8. The van der Waals surface area contributed by atoms with Gasteiger partial charge in [-0.05, 0) is 60.7 Å². The average Bonchev–Trinajstić information content (AvgIpc) is 3.78. The molecular formula is C32H41N11O4.